The SMILES string of the molecule is CC(C)C[C@H](N)C(=O)C(O)(C(N)(CC(C)C)C(=O)OCc1ccccc1)S(=O)(=O)O. The fourth-order valence-corrected chi connectivity index (χ4v) is 4.33. The van der Waals surface area contributed by atoms with Crippen LogP contribution in [-0.4, -0.2) is 46.3 Å². The van der Waals surface area contributed by atoms with Gasteiger partial charge in [-0.05, 0) is 30.2 Å². The van der Waals surface area contributed by atoms with Gasteiger partial charge in [0.15, 0.2) is 5.54 Å². The molecule has 0 fully saturated rings. The van der Waals surface area contributed by atoms with Crippen LogP contribution in [0.25, 0.3) is 0 Å². The number of hydrogen-bond acceptors (Lipinski definition) is 8. The van der Waals surface area contributed by atoms with Crippen LogP contribution in [0.5, 0.6) is 0 Å². The molecule has 0 amide bonds. The molecule has 0 radical (unpaired) electrons. The van der Waals surface area contributed by atoms with Crippen LogP contribution < -0.4 is 11.5 Å². The highest BCUT2D eigenvalue weighted by atomic mass is 32.2. The second kappa shape index (κ2) is 9.97. The van der Waals surface area contributed by atoms with Crippen LogP contribution in [0.2, 0.25) is 0 Å². The van der Waals surface area contributed by atoms with Gasteiger partial charge in [-0.1, -0.05) is 58.0 Å². The first-order valence-electron chi connectivity index (χ1n) is 9.66. The van der Waals surface area contributed by atoms with Gasteiger partial charge >= 0.3 is 16.1 Å². The van der Waals surface area contributed by atoms with Crippen molar-refractivity contribution in [2.45, 2.75) is 63.7 Å². The summed E-state index contributed by atoms with van der Waals surface area (Å²) in [5, 5.41) is 11.0. The van der Waals surface area contributed by atoms with Gasteiger partial charge in [-0.2, -0.15) is 8.42 Å². The summed E-state index contributed by atoms with van der Waals surface area (Å²) in [6.45, 7) is 6.41. The van der Waals surface area contributed by atoms with Crippen molar-refractivity contribution in [1.29, 1.82) is 0 Å². The third kappa shape index (κ3) is 5.64. The van der Waals surface area contributed by atoms with E-state index in [1.54, 1.807) is 58.0 Å². The Labute approximate surface area is 177 Å². The molecule has 0 saturated heterocycles. The molecule has 10 heteroatoms. The van der Waals surface area contributed by atoms with Crippen LogP contribution in [0.4, 0.5) is 0 Å². The fourth-order valence-electron chi connectivity index (χ4n) is 3.30. The number of ether oxygens (including phenoxy) is 1. The van der Waals surface area contributed by atoms with Crippen LogP contribution in [0.3, 0.4) is 0 Å². The van der Waals surface area contributed by atoms with Gasteiger partial charge in [0.1, 0.15) is 6.61 Å². The molecule has 0 heterocycles. The van der Waals surface area contributed by atoms with Crippen LogP contribution in [0, 0.1) is 11.8 Å². The number of aliphatic hydroxyl groups is 1. The van der Waals surface area contributed by atoms with Gasteiger partial charge in [-0.15, -0.1) is 0 Å². The smallest absolute Gasteiger partial charge is 0.331 e. The van der Waals surface area contributed by atoms with E-state index in [0.29, 0.717) is 5.56 Å². The van der Waals surface area contributed by atoms with E-state index < -0.39 is 50.7 Å². The Morgan fingerprint density at radius 2 is 1.63 bits per heavy atom. The van der Waals surface area contributed by atoms with Gasteiger partial charge in [0.2, 0.25) is 5.78 Å². The second-order valence-electron chi connectivity index (χ2n) is 8.35. The molecule has 0 aromatic heterocycles. The highest BCUT2D eigenvalue weighted by Crippen LogP contribution is 2.35. The third-order valence-electron chi connectivity index (χ3n) is 4.68. The van der Waals surface area contributed by atoms with Crippen molar-refractivity contribution in [1.82, 2.24) is 0 Å². The van der Waals surface area contributed by atoms with Gasteiger partial charge in [0.25, 0.3) is 4.93 Å². The highest BCUT2D eigenvalue weighted by Gasteiger charge is 2.67. The van der Waals surface area contributed by atoms with E-state index in [4.69, 9.17) is 16.2 Å². The topological polar surface area (TPSA) is 170 Å². The third-order valence-corrected chi connectivity index (χ3v) is 5.99. The molecule has 1 rings (SSSR count). The van der Waals surface area contributed by atoms with E-state index in [9.17, 15) is 27.7 Å². The first-order valence-corrected chi connectivity index (χ1v) is 11.1. The Balaban J connectivity index is 3.45. The minimum Gasteiger partial charge on any atom is -0.459 e. The Hall–Kier alpha value is -1.85. The maximum atomic E-state index is 13.0. The summed E-state index contributed by atoms with van der Waals surface area (Å²) >= 11 is 0. The van der Waals surface area contributed by atoms with E-state index in [0.717, 1.165) is 0 Å². The average Bonchev–Trinajstić information content (AvgIpc) is 2.63. The van der Waals surface area contributed by atoms with E-state index in [1.807, 2.05) is 0 Å². The number of hydrogen-bond donors (Lipinski definition) is 4. The van der Waals surface area contributed by atoms with E-state index in [2.05, 4.69) is 0 Å². The molecule has 0 aliphatic carbocycles. The van der Waals surface area contributed by atoms with Crippen LogP contribution in [0.1, 0.15) is 46.1 Å². The Morgan fingerprint density at radius 3 is 2.07 bits per heavy atom. The van der Waals surface area contributed by atoms with Gasteiger partial charge in [0.05, 0.1) is 6.04 Å². The van der Waals surface area contributed by atoms with Gasteiger partial charge in [0, 0.05) is 0 Å². The van der Waals surface area contributed by atoms with E-state index in [1.165, 1.54) is 0 Å². The van der Waals surface area contributed by atoms with Crippen molar-refractivity contribution >= 4 is 21.9 Å². The zero-order valence-corrected chi connectivity index (χ0v) is 18.6. The average molecular weight is 445 g/mol. The number of carbonyl (C=O) groups excluding carboxylic acids is 2. The molecule has 3 atom stereocenters. The first-order chi connectivity index (χ1) is 13.7. The summed E-state index contributed by atoms with van der Waals surface area (Å²) in [6, 6.07) is 7.00. The lowest BCUT2D eigenvalue weighted by atomic mass is 9.79. The number of Topliss-reactive ketones (excluding diaryl/α,β-unsaturated/α-hetero) is 1. The van der Waals surface area contributed by atoms with Crippen LogP contribution >= 0.6 is 0 Å². The van der Waals surface area contributed by atoms with Crippen molar-refractivity contribution in [3.63, 3.8) is 0 Å². The van der Waals surface area contributed by atoms with E-state index in [-0.39, 0.29) is 18.9 Å². The normalized spacial score (nSPS) is 17.3. The summed E-state index contributed by atoms with van der Waals surface area (Å²) < 4.78 is 39.5. The molecular weight excluding hydrogens is 412 g/mol. The Kier molecular flexibility index (Phi) is 8.70. The fraction of sp³-hybridized carbons (Fsp3) is 0.600. The maximum absolute atomic E-state index is 13.0. The second-order valence-corrected chi connectivity index (χ2v) is 9.89. The quantitative estimate of drug-likeness (QED) is 0.287. The summed E-state index contributed by atoms with van der Waals surface area (Å²) in [5.74, 6) is -3.37. The lowest BCUT2D eigenvalue weighted by Crippen LogP contribution is -2.74. The lowest BCUT2D eigenvalue weighted by molar-refractivity contribution is -0.164. The number of benzene rings is 1. The Morgan fingerprint density at radius 1 is 1.10 bits per heavy atom. The molecule has 2 unspecified atom stereocenters. The molecule has 0 spiro atoms. The molecule has 9 nitrogen and oxygen atoms in total. The van der Waals surface area contributed by atoms with Gasteiger partial charge in [-0.3, -0.25) is 9.35 Å². The number of carbonyl (C=O) groups is 2. The van der Waals surface area contributed by atoms with Crippen LogP contribution in [0.15, 0.2) is 30.3 Å². The number of nitrogens with two attached hydrogens (primary N) is 2. The van der Waals surface area contributed by atoms with Gasteiger partial charge in [-0.25, -0.2) is 4.79 Å². The first kappa shape index (κ1) is 26.2. The summed E-state index contributed by atoms with van der Waals surface area (Å²) in [4.78, 5) is 22.2. The number of rotatable bonds is 11. The minimum absolute atomic E-state index is 0.00743. The number of esters is 1. The molecule has 1 aromatic carbocycles. The predicted octanol–water partition coefficient (Wildman–Crippen LogP) is 0.992. The zero-order chi connectivity index (χ0) is 23.3. The van der Waals surface area contributed by atoms with Crippen molar-refractivity contribution in [2.75, 3.05) is 0 Å². The lowest BCUT2D eigenvalue weighted by Gasteiger charge is -2.40. The van der Waals surface area contributed by atoms with E-state index >= 15 is 0 Å². The largest absolute Gasteiger partial charge is 0.459 e. The molecule has 6 N–H and O–H groups in total. The molecule has 1 aromatic rings. The maximum Gasteiger partial charge on any atom is 0.331 e. The van der Waals surface area contributed by atoms with Crippen molar-refractivity contribution in [3.8, 4) is 0 Å². The molecule has 30 heavy (non-hydrogen) atoms. The van der Waals surface area contributed by atoms with Gasteiger partial charge < -0.3 is 21.3 Å². The number of ketones is 1. The van der Waals surface area contributed by atoms with Crippen LogP contribution in [-0.2, 0) is 31.1 Å². The molecular formula is C20H32N2O7S. The molecule has 0 saturated carbocycles. The summed E-state index contributed by atoms with van der Waals surface area (Å²) in [7, 11) is -5.58. The summed E-state index contributed by atoms with van der Waals surface area (Å²) in [5.41, 5.74) is 9.70. The minimum atomic E-state index is -5.58. The molecule has 0 aliphatic rings. The molecule has 0 aliphatic heterocycles. The van der Waals surface area contributed by atoms with Crippen molar-refractivity contribution < 1.29 is 32.4 Å². The summed E-state index contributed by atoms with van der Waals surface area (Å²) in [6.07, 6.45) is -0.454. The monoisotopic (exact) mass is 444 g/mol. The highest BCUT2D eigenvalue weighted by molar-refractivity contribution is 7.88. The van der Waals surface area contributed by atoms with Crippen molar-refractivity contribution in [3.05, 3.63) is 35.9 Å². The predicted molar refractivity (Wildman–Crippen MR) is 112 cm³/mol. The molecule has 0 bridgehead atoms. The Bertz CT molecular complexity index is 842. The van der Waals surface area contributed by atoms with Crippen molar-refractivity contribution in [2.24, 2.45) is 23.3 Å². The zero-order valence-electron chi connectivity index (χ0n) is 17.7. The standard InChI is InChI=1S/C20H32N2O7S/c1-13(2)10-16(21)17(23)20(25,30(26,27)28)19(22,11-14(3)4)18(24)29-12-15-8-6-5-7-9-15/h5-9,13-14,16,25H,10-12,21-22H2,1-4H3,(H,26,27,28)/t16-,19?,20?/m0/s1. The molecule has 170 valence electrons.